The molecule has 0 amide bonds. The van der Waals surface area contributed by atoms with Gasteiger partial charge in [0.05, 0.1) is 18.2 Å². The highest BCUT2D eigenvalue weighted by Crippen LogP contribution is 2.35. The van der Waals surface area contributed by atoms with Crippen molar-refractivity contribution in [1.82, 2.24) is 9.80 Å². The standard InChI is InChI=1S/C20H24N2O/c1-21-13-18-14-22(12-16-8-4-2-5-9-16)20(19(15-21)23-18)17-10-6-3-7-11-17/h2-11,18-20H,12-15H2,1H3/t18-,19+,20-/m0/s1. The summed E-state index contributed by atoms with van der Waals surface area (Å²) in [5.74, 6) is 0. The largest absolute Gasteiger partial charge is 0.369 e. The molecule has 2 fully saturated rings. The van der Waals surface area contributed by atoms with Gasteiger partial charge in [-0.3, -0.25) is 4.90 Å². The van der Waals surface area contributed by atoms with Crippen LogP contribution >= 0.6 is 0 Å². The van der Waals surface area contributed by atoms with Crippen molar-refractivity contribution in [3.05, 3.63) is 71.8 Å². The van der Waals surface area contributed by atoms with E-state index in [1.807, 2.05) is 0 Å². The molecule has 0 radical (unpaired) electrons. The number of benzene rings is 2. The van der Waals surface area contributed by atoms with Crippen LogP contribution in [0.5, 0.6) is 0 Å². The Labute approximate surface area is 138 Å². The summed E-state index contributed by atoms with van der Waals surface area (Å²) in [5, 5.41) is 0. The molecule has 2 bridgehead atoms. The lowest BCUT2D eigenvalue weighted by molar-refractivity contribution is -0.166. The number of morpholine rings is 2. The number of hydrogen-bond donors (Lipinski definition) is 0. The van der Waals surface area contributed by atoms with Gasteiger partial charge in [-0.15, -0.1) is 0 Å². The SMILES string of the molecule is CN1C[C@H]2CN(Cc3ccccc3)[C@@H](c3ccccc3)[C@@H](C1)O2. The molecule has 2 heterocycles. The summed E-state index contributed by atoms with van der Waals surface area (Å²) in [5.41, 5.74) is 2.74. The number of rotatable bonds is 3. The molecular weight excluding hydrogens is 284 g/mol. The van der Waals surface area contributed by atoms with Crippen LogP contribution in [-0.2, 0) is 11.3 Å². The van der Waals surface area contributed by atoms with Crippen LogP contribution in [0.1, 0.15) is 17.2 Å². The van der Waals surface area contributed by atoms with Gasteiger partial charge in [0.25, 0.3) is 0 Å². The third kappa shape index (κ3) is 3.18. The summed E-state index contributed by atoms with van der Waals surface area (Å²) in [6, 6.07) is 21.9. The summed E-state index contributed by atoms with van der Waals surface area (Å²) in [6.07, 6.45) is 0.570. The van der Waals surface area contributed by atoms with Crippen LogP contribution in [0.3, 0.4) is 0 Å². The third-order valence-corrected chi connectivity index (χ3v) is 4.93. The predicted molar refractivity (Wildman–Crippen MR) is 92.2 cm³/mol. The zero-order valence-corrected chi connectivity index (χ0v) is 13.6. The maximum atomic E-state index is 6.34. The minimum atomic E-state index is 0.249. The van der Waals surface area contributed by atoms with Crippen LogP contribution in [0.4, 0.5) is 0 Å². The fraction of sp³-hybridized carbons (Fsp3) is 0.400. The Morgan fingerprint density at radius 3 is 2.35 bits per heavy atom. The Hall–Kier alpha value is -1.68. The van der Waals surface area contributed by atoms with E-state index in [1.54, 1.807) is 0 Å². The first-order valence-corrected chi connectivity index (χ1v) is 8.46. The fourth-order valence-corrected chi connectivity index (χ4v) is 4.00. The average molecular weight is 308 g/mol. The van der Waals surface area contributed by atoms with Crippen LogP contribution in [0.15, 0.2) is 60.7 Å². The first-order valence-electron chi connectivity index (χ1n) is 8.46. The highest BCUT2D eigenvalue weighted by atomic mass is 16.5. The van der Waals surface area contributed by atoms with Gasteiger partial charge in [-0.25, -0.2) is 0 Å². The van der Waals surface area contributed by atoms with E-state index in [9.17, 15) is 0 Å². The van der Waals surface area contributed by atoms with Gasteiger partial charge in [0.15, 0.2) is 0 Å². The van der Waals surface area contributed by atoms with E-state index in [2.05, 4.69) is 77.5 Å². The van der Waals surface area contributed by atoms with Gasteiger partial charge in [-0.05, 0) is 18.2 Å². The first kappa shape index (κ1) is 14.9. The van der Waals surface area contributed by atoms with Gasteiger partial charge < -0.3 is 9.64 Å². The van der Waals surface area contributed by atoms with Crippen LogP contribution in [-0.4, -0.2) is 48.7 Å². The zero-order chi connectivity index (χ0) is 15.6. The number of hydrogen-bond acceptors (Lipinski definition) is 3. The monoisotopic (exact) mass is 308 g/mol. The first-order chi connectivity index (χ1) is 11.3. The Morgan fingerprint density at radius 2 is 1.61 bits per heavy atom. The minimum Gasteiger partial charge on any atom is -0.369 e. The van der Waals surface area contributed by atoms with Gasteiger partial charge in [-0.1, -0.05) is 60.7 Å². The van der Waals surface area contributed by atoms with Crippen LogP contribution in [0.25, 0.3) is 0 Å². The molecule has 120 valence electrons. The molecule has 0 aromatic heterocycles. The summed E-state index contributed by atoms with van der Waals surface area (Å²) in [4.78, 5) is 5.02. The van der Waals surface area contributed by atoms with Crippen LogP contribution in [0, 0.1) is 0 Å². The lowest BCUT2D eigenvalue weighted by Gasteiger charge is -2.50. The van der Waals surface area contributed by atoms with E-state index in [4.69, 9.17) is 4.74 Å². The van der Waals surface area contributed by atoms with Gasteiger partial charge in [0, 0.05) is 26.2 Å². The molecule has 2 saturated heterocycles. The maximum absolute atomic E-state index is 6.34. The van der Waals surface area contributed by atoms with Gasteiger partial charge in [0.2, 0.25) is 0 Å². The fourth-order valence-electron chi connectivity index (χ4n) is 4.00. The average Bonchev–Trinajstić information content (AvgIpc) is 2.56. The molecule has 0 spiro atoms. The molecular formula is C20H24N2O. The van der Waals surface area contributed by atoms with Gasteiger partial charge in [0.1, 0.15) is 0 Å². The number of nitrogens with zero attached hydrogens (tertiary/aromatic N) is 2. The Kier molecular flexibility index (Phi) is 4.17. The van der Waals surface area contributed by atoms with Crippen molar-refractivity contribution in [2.45, 2.75) is 24.8 Å². The van der Waals surface area contributed by atoms with Crippen molar-refractivity contribution in [3.63, 3.8) is 0 Å². The van der Waals surface area contributed by atoms with E-state index in [-0.39, 0.29) is 6.10 Å². The van der Waals surface area contributed by atoms with Gasteiger partial charge in [-0.2, -0.15) is 0 Å². The predicted octanol–water partition coefficient (Wildman–Crippen LogP) is 2.94. The second kappa shape index (κ2) is 6.44. The Balaban J connectivity index is 1.64. The molecule has 0 unspecified atom stereocenters. The quantitative estimate of drug-likeness (QED) is 0.867. The van der Waals surface area contributed by atoms with Crippen LogP contribution in [0.2, 0.25) is 0 Å². The van der Waals surface area contributed by atoms with Crippen molar-refractivity contribution < 1.29 is 4.74 Å². The summed E-state index contributed by atoms with van der Waals surface area (Å²) < 4.78 is 6.34. The van der Waals surface area contributed by atoms with E-state index in [0.717, 1.165) is 26.2 Å². The Bertz CT molecular complexity index is 629. The molecule has 3 atom stereocenters. The van der Waals surface area contributed by atoms with E-state index in [1.165, 1.54) is 11.1 Å². The normalized spacial score (nSPS) is 28.7. The molecule has 4 rings (SSSR count). The van der Waals surface area contributed by atoms with Crippen molar-refractivity contribution in [1.29, 1.82) is 0 Å². The highest BCUT2D eigenvalue weighted by molar-refractivity contribution is 5.23. The zero-order valence-electron chi connectivity index (χ0n) is 13.6. The summed E-state index contributed by atoms with van der Waals surface area (Å²) >= 11 is 0. The number of fused-ring (bicyclic) bond motifs is 2. The van der Waals surface area contributed by atoms with Gasteiger partial charge >= 0.3 is 0 Å². The second-order valence-corrected chi connectivity index (χ2v) is 6.79. The minimum absolute atomic E-state index is 0.249. The smallest absolute Gasteiger partial charge is 0.0903 e. The molecule has 2 aromatic carbocycles. The molecule has 0 N–H and O–H groups in total. The molecule has 2 aromatic rings. The molecule has 0 saturated carbocycles. The van der Waals surface area contributed by atoms with Crippen molar-refractivity contribution in [3.8, 4) is 0 Å². The van der Waals surface area contributed by atoms with Crippen molar-refractivity contribution >= 4 is 0 Å². The molecule has 2 aliphatic rings. The molecule has 0 aliphatic carbocycles. The molecule has 3 nitrogen and oxygen atoms in total. The van der Waals surface area contributed by atoms with E-state index in [0.29, 0.717) is 12.1 Å². The third-order valence-electron chi connectivity index (χ3n) is 4.93. The lowest BCUT2D eigenvalue weighted by Crippen LogP contribution is -2.59. The topological polar surface area (TPSA) is 15.7 Å². The van der Waals surface area contributed by atoms with Crippen molar-refractivity contribution in [2.75, 3.05) is 26.7 Å². The van der Waals surface area contributed by atoms with Crippen LogP contribution < -0.4 is 0 Å². The molecule has 3 heteroatoms. The lowest BCUT2D eigenvalue weighted by atomic mass is 9.94. The summed E-state index contributed by atoms with van der Waals surface area (Å²) in [7, 11) is 2.21. The second-order valence-electron chi connectivity index (χ2n) is 6.79. The maximum Gasteiger partial charge on any atom is 0.0903 e. The number of likely N-dealkylation sites (N-methyl/N-ethyl adjacent to an activating group) is 1. The van der Waals surface area contributed by atoms with Crippen molar-refractivity contribution in [2.24, 2.45) is 0 Å². The molecule has 2 aliphatic heterocycles. The highest BCUT2D eigenvalue weighted by Gasteiger charge is 2.41. The number of ether oxygens (including phenoxy) is 1. The molecule has 23 heavy (non-hydrogen) atoms. The van der Waals surface area contributed by atoms with E-state index < -0.39 is 0 Å². The van der Waals surface area contributed by atoms with E-state index >= 15 is 0 Å². The Morgan fingerprint density at radius 1 is 0.913 bits per heavy atom. The summed E-state index contributed by atoms with van der Waals surface area (Å²) in [6.45, 7) is 4.01.